The Morgan fingerprint density at radius 1 is 0.912 bits per heavy atom. The summed E-state index contributed by atoms with van der Waals surface area (Å²) in [5.74, 6) is 0. The fraction of sp³-hybridized carbons (Fsp3) is 0.286. The smallest absolute Gasteiger partial charge is 0.399 e. The molecule has 168 valence electrons. The number of nitrogens with zero attached hydrogens (tertiary/aromatic N) is 3. The summed E-state index contributed by atoms with van der Waals surface area (Å²) in [6, 6.07) is 17.1. The van der Waals surface area contributed by atoms with Gasteiger partial charge in [-0.05, 0) is 70.3 Å². The molecule has 0 unspecified atom stereocenters. The second kappa shape index (κ2) is 6.68. The van der Waals surface area contributed by atoms with Gasteiger partial charge < -0.3 is 9.31 Å². The Bertz CT molecular complexity index is 1670. The average molecular weight is 447 g/mol. The third-order valence-corrected chi connectivity index (χ3v) is 7.83. The SMILES string of the molecule is CC1(C)OB(c2ccc3c(c2)c2cc4ccccc4nc2c2nc4c(n32)C=CCC4)OC1(C)C. The number of rotatable bonds is 1. The summed E-state index contributed by atoms with van der Waals surface area (Å²) in [7, 11) is -0.412. The topological polar surface area (TPSA) is 48.7 Å². The standard InChI is InChI=1S/C28H26BN3O2/c1-27(2)28(3,4)34-29(33-27)18-13-14-23-19(16-18)20-15-17-9-5-6-10-21(17)30-25(20)26-31-22-11-7-8-12-24(22)32(23)26/h5-6,8-10,12-16H,7,11H2,1-4H3. The summed E-state index contributed by atoms with van der Waals surface area (Å²) >= 11 is 0. The van der Waals surface area contributed by atoms with E-state index in [4.69, 9.17) is 19.3 Å². The lowest BCUT2D eigenvalue weighted by molar-refractivity contribution is 0.00578. The van der Waals surface area contributed by atoms with E-state index in [9.17, 15) is 0 Å². The number of hydrogen-bond acceptors (Lipinski definition) is 4. The highest BCUT2D eigenvalue weighted by Gasteiger charge is 2.51. The molecular formula is C28H26BN3O2. The van der Waals surface area contributed by atoms with Crippen LogP contribution < -0.4 is 5.46 Å². The van der Waals surface area contributed by atoms with Gasteiger partial charge in [-0.3, -0.25) is 4.40 Å². The molecule has 7 rings (SSSR count). The molecule has 1 aliphatic carbocycles. The summed E-state index contributed by atoms with van der Waals surface area (Å²) in [6.07, 6.45) is 6.41. The number of hydrogen-bond donors (Lipinski definition) is 0. The maximum absolute atomic E-state index is 6.38. The van der Waals surface area contributed by atoms with Gasteiger partial charge in [0.25, 0.3) is 0 Å². The van der Waals surface area contributed by atoms with Crippen molar-refractivity contribution in [1.82, 2.24) is 14.4 Å². The largest absolute Gasteiger partial charge is 0.494 e. The zero-order valence-electron chi connectivity index (χ0n) is 19.9. The lowest BCUT2D eigenvalue weighted by atomic mass is 9.78. The first-order valence-corrected chi connectivity index (χ1v) is 12.0. The fourth-order valence-corrected chi connectivity index (χ4v) is 5.23. The Morgan fingerprint density at radius 2 is 1.71 bits per heavy atom. The van der Waals surface area contributed by atoms with Crippen molar-refractivity contribution in [2.75, 3.05) is 0 Å². The van der Waals surface area contributed by atoms with E-state index < -0.39 is 7.12 Å². The lowest BCUT2D eigenvalue weighted by Gasteiger charge is -2.32. The van der Waals surface area contributed by atoms with Crippen LogP contribution in [-0.2, 0) is 15.7 Å². The predicted molar refractivity (Wildman–Crippen MR) is 139 cm³/mol. The molecule has 0 N–H and O–H groups in total. The Hall–Kier alpha value is -3.22. The van der Waals surface area contributed by atoms with E-state index in [2.05, 4.69) is 86.7 Å². The second-order valence-corrected chi connectivity index (χ2v) is 10.5. The number of para-hydroxylation sites is 1. The molecule has 1 aliphatic heterocycles. The van der Waals surface area contributed by atoms with Crippen LogP contribution >= 0.6 is 0 Å². The van der Waals surface area contributed by atoms with Crippen molar-refractivity contribution in [2.45, 2.75) is 51.7 Å². The third-order valence-electron chi connectivity index (χ3n) is 7.83. The minimum absolute atomic E-state index is 0.384. The first-order valence-electron chi connectivity index (χ1n) is 12.0. The van der Waals surface area contributed by atoms with Crippen LogP contribution in [0.5, 0.6) is 0 Å². The van der Waals surface area contributed by atoms with Crippen LogP contribution in [0.25, 0.3) is 44.4 Å². The first kappa shape index (κ1) is 20.2. The summed E-state index contributed by atoms with van der Waals surface area (Å²) in [4.78, 5) is 10.2. The predicted octanol–water partition coefficient (Wildman–Crippen LogP) is 5.45. The lowest BCUT2D eigenvalue weighted by Crippen LogP contribution is -2.41. The highest BCUT2D eigenvalue weighted by molar-refractivity contribution is 6.62. The maximum atomic E-state index is 6.38. The monoisotopic (exact) mass is 447 g/mol. The van der Waals surface area contributed by atoms with Gasteiger partial charge in [0.15, 0.2) is 5.65 Å². The van der Waals surface area contributed by atoms with E-state index in [1.54, 1.807) is 0 Å². The van der Waals surface area contributed by atoms with Gasteiger partial charge in [0, 0.05) is 16.2 Å². The molecule has 0 atom stereocenters. The average Bonchev–Trinajstić information content (AvgIpc) is 3.32. The molecule has 5 nitrogen and oxygen atoms in total. The molecule has 0 radical (unpaired) electrons. The maximum Gasteiger partial charge on any atom is 0.494 e. The van der Waals surface area contributed by atoms with Crippen LogP contribution in [0, 0.1) is 0 Å². The van der Waals surface area contributed by atoms with E-state index in [0.29, 0.717) is 0 Å². The van der Waals surface area contributed by atoms with E-state index in [1.165, 1.54) is 0 Å². The van der Waals surface area contributed by atoms with Gasteiger partial charge in [0.1, 0.15) is 5.52 Å². The Kier molecular flexibility index (Phi) is 3.97. The van der Waals surface area contributed by atoms with Crippen molar-refractivity contribution in [3.63, 3.8) is 0 Å². The van der Waals surface area contributed by atoms with Crippen molar-refractivity contribution < 1.29 is 9.31 Å². The van der Waals surface area contributed by atoms with Gasteiger partial charge in [-0.1, -0.05) is 36.4 Å². The van der Waals surface area contributed by atoms with Gasteiger partial charge in [-0.2, -0.15) is 0 Å². The molecule has 4 heterocycles. The molecule has 0 spiro atoms. The summed E-state index contributed by atoms with van der Waals surface area (Å²) in [5, 5.41) is 3.36. The van der Waals surface area contributed by atoms with Crippen molar-refractivity contribution in [3.8, 4) is 0 Å². The summed E-state index contributed by atoms with van der Waals surface area (Å²) in [5.41, 5.74) is 6.51. The first-order chi connectivity index (χ1) is 16.3. The minimum Gasteiger partial charge on any atom is -0.399 e. The quantitative estimate of drug-likeness (QED) is 0.195. The molecule has 2 aromatic carbocycles. The molecular weight excluding hydrogens is 421 g/mol. The highest BCUT2D eigenvalue weighted by atomic mass is 16.7. The molecule has 6 heteroatoms. The van der Waals surface area contributed by atoms with Crippen LogP contribution in [0.4, 0.5) is 0 Å². The number of pyridine rings is 2. The van der Waals surface area contributed by atoms with Crippen molar-refractivity contribution in [3.05, 3.63) is 66.0 Å². The van der Waals surface area contributed by atoms with Gasteiger partial charge in [0.2, 0.25) is 0 Å². The van der Waals surface area contributed by atoms with Gasteiger partial charge in [-0.25, -0.2) is 9.97 Å². The molecule has 5 aromatic rings. The van der Waals surface area contributed by atoms with Crippen molar-refractivity contribution in [1.29, 1.82) is 0 Å². The van der Waals surface area contributed by atoms with Gasteiger partial charge in [-0.15, -0.1) is 0 Å². The zero-order valence-corrected chi connectivity index (χ0v) is 19.9. The van der Waals surface area contributed by atoms with Gasteiger partial charge in [0.05, 0.1) is 33.6 Å². The summed E-state index contributed by atoms with van der Waals surface area (Å²) < 4.78 is 15.0. The zero-order chi connectivity index (χ0) is 23.2. The van der Waals surface area contributed by atoms with E-state index >= 15 is 0 Å². The second-order valence-electron chi connectivity index (χ2n) is 10.5. The number of imidazole rings is 1. The summed E-state index contributed by atoms with van der Waals surface area (Å²) in [6.45, 7) is 8.36. The molecule has 0 amide bonds. The molecule has 34 heavy (non-hydrogen) atoms. The molecule has 1 fully saturated rings. The van der Waals surface area contributed by atoms with E-state index in [1.807, 2.05) is 6.07 Å². The molecule has 0 bridgehead atoms. The van der Waals surface area contributed by atoms with Crippen LogP contribution in [-0.4, -0.2) is 32.7 Å². The normalized spacial score (nSPS) is 19.0. The number of aromatic nitrogens is 3. The molecule has 1 saturated heterocycles. The van der Waals surface area contributed by atoms with E-state index in [0.717, 1.165) is 68.0 Å². The van der Waals surface area contributed by atoms with Crippen molar-refractivity contribution >= 4 is 57.0 Å². The Balaban J connectivity index is 1.57. The third kappa shape index (κ3) is 2.70. The molecule has 0 saturated carbocycles. The van der Waals surface area contributed by atoms with Crippen LogP contribution in [0.2, 0.25) is 0 Å². The molecule has 3 aromatic heterocycles. The Labute approximate surface area is 198 Å². The fourth-order valence-electron chi connectivity index (χ4n) is 5.23. The number of allylic oxidation sites excluding steroid dienone is 1. The van der Waals surface area contributed by atoms with Crippen molar-refractivity contribution in [2.24, 2.45) is 0 Å². The number of fused-ring (bicyclic) bond motifs is 9. The highest BCUT2D eigenvalue weighted by Crippen LogP contribution is 2.38. The van der Waals surface area contributed by atoms with Crippen LogP contribution in [0.15, 0.2) is 54.6 Å². The van der Waals surface area contributed by atoms with Crippen LogP contribution in [0.1, 0.15) is 45.5 Å². The van der Waals surface area contributed by atoms with E-state index in [-0.39, 0.29) is 11.2 Å². The number of aryl methyl sites for hydroxylation is 1. The van der Waals surface area contributed by atoms with Gasteiger partial charge >= 0.3 is 7.12 Å². The Morgan fingerprint density at radius 3 is 2.53 bits per heavy atom. The number of benzene rings is 2. The molecule has 2 aliphatic rings. The minimum atomic E-state index is -0.412. The van der Waals surface area contributed by atoms with Crippen LogP contribution in [0.3, 0.4) is 0 Å².